The summed E-state index contributed by atoms with van der Waals surface area (Å²) in [5, 5.41) is 0.960. The molecule has 6 heteroatoms. The van der Waals surface area contributed by atoms with Crippen LogP contribution in [0, 0.1) is 0 Å². The van der Waals surface area contributed by atoms with E-state index in [1.54, 1.807) is 12.3 Å². The minimum Gasteiger partial charge on any atom is -0.439 e. The number of rotatable bonds is 3. The maximum absolute atomic E-state index is 12.0. The van der Waals surface area contributed by atoms with E-state index in [1.807, 2.05) is 60.7 Å². The fraction of sp³-hybridized carbons (Fsp3) is 0. The van der Waals surface area contributed by atoms with E-state index in [2.05, 4.69) is 19.9 Å². The first-order valence-corrected chi connectivity index (χ1v) is 8.48. The molecule has 3 heterocycles. The maximum atomic E-state index is 12.0. The summed E-state index contributed by atoms with van der Waals surface area (Å²) >= 11 is 0. The van der Waals surface area contributed by atoms with Crippen molar-refractivity contribution >= 4 is 21.9 Å². The van der Waals surface area contributed by atoms with E-state index >= 15 is 0 Å². The molecule has 0 saturated heterocycles. The molecule has 0 aliphatic carbocycles. The van der Waals surface area contributed by atoms with Gasteiger partial charge in [0.25, 0.3) is 5.56 Å². The number of hydrogen-bond donors (Lipinski definition) is 2. The molecule has 0 atom stereocenters. The second-order valence-corrected chi connectivity index (χ2v) is 6.10. The molecule has 0 bridgehead atoms. The van der Waals surface area contributed by atoms with E-state index in [-0.39, 0.29) is 5.56 Å². The second-order valence-electron chi connectivity index (χ2n) is 6.10. The van der Waals surface area contributed by atoms with Crippen molar-refractivity contribution in [3.8, 4) is 23.0 Å². The second kappa shape index (κ2) is 6.10. The fourth-order valence-electron chi connectivity index (χ4n) is 3.06. The van der Waals surface area contributed by atoms with Crippen molar-refractivity contribution in [2.45, 2.75) is 0 Å². The zero-order valence-corrected chi connectivity index (χ0v) is 14.1. The quantitative estimate of drug-likeness (QED) is 0.507. The number of ether oxygens (including phenoxy) is 1. The molecule has 0 aliphatic heterocycles. The number of hydrogen-bond acceptors (Lipinski definition) is 4. The number of nitrogens with zero attached hydrogens (tertiary/aromatic N) is 2. The summed E-state index contributed by atoms with van der Waals surface area (Å²) in [4.78, 5) is 26.9. The molecule has 2 N–H and O–H groups in total. The molecule has 2 aromatic carbocycles. The van der Waals surface area contributed by atoms with Gasteiger partial charge in [-0.2, -0.15) is 0 Å². The van der Waals surface area contributed by atoms with Crippen molar-refractivity contribution in [2.75, 3.05) is 0 Å². The Morgan fingerprint density at radius 2 is 1.70 bits per heavy atom. The van der Waals surface area contributed by atoms with Gasteiger partial charge in [-0.3, -0.25) is 4.79 Å². The van der Waals surface area contributed by atoms with Crippen LogP contribution in [0.15, 0.2) is 77.7 Å². The molecule has 0 radical (unpaired) electrons. The van der Waals surface area contributed by atoms with Gasteiger partial charge < -0.3 is 14.7 Å². The molecule has 0 aliphatic rings. The maximum Gasteiger partial charge on any atom is 0.276 e. The number of aromatic amines is 2. The van der Waals surface area contributed by atoms with Gasteiger partial charge in [0.15, 0.2) is 5.52 Å². The number of para-hydroxylation sites is 2. The highest BCUT2D eigenvalue weighted by Gasteiger charge is 2.12. The summed E-state index contributed by atoms with van der Waals surface area (Å²) in [6.45, 7) is 0. The van der Waals surface area contributed by atoms with Crippen LogP contribution in [-0.4, -0.2) is 19.9 Å². The highest BCUT2D eigenvalue weighted by molar-refractivity contribution is 5.93. The zero-order chi connectivity index (χ0) is 18.2. The van der Waals surface area contributed by atoms with Crippen LogP contribution in [0.2, 0.25) is 0 Å². The highest BCUT2D eigenvalue weighted by atomic mass is 16.5. The molecular weight excluding hydrogens is 340 g/mol. The van der Waals surface area contributed by atoms with Crippen molar-refractivity contribution in [1.29, 1.82) is 0 Å². The molecule has 5 rings (SSSR count). The summed E-state index contributed by atoms with van der Waals surface area (Å²) in [5.41, 5.74) is 2.39. The molecule has 27 heavy (non-hydrogen) atoms. The van der Waals surface area contributed by atoms with Gasteiger partial charge in [-0.1, -0.05) is 30.3 Å². The predicted molar refractivity (Wildman–Crippen MR) is 104 cm³/mol. The summed E-state index contributed by atoms with van der Waals surface area (Å²) in [6, 6.07) is 20.9. The first-order chi connectivity index (χ1) is 13.3. The van der Waals surface area contributed by atoms with Gasteiger partial charge in [0.1, 0.15) is 11.6 Å². The number of fused-ring (bicyclic) bond motifs is 2. The lowest BCUT2D eigenvalue weighted by Crippen LogP contribution is -2.03. The normalized spacial score (nSPS) is 11.1. The Kier molecular flexibility index (Phi) is 3.47. The lowest BCUT2D eigenvalue weighted by atomic mass is 10.1. The monoisotopic (exact) mass is 354 g/mol. The van der Waals surface area contributed by atoms with E-state index < -0.39 is 0 Å². The summed E-state index contributed by atoms with van der Waals surface area (Å²) in [6.07, 6.45) is 1.60. The predicted octanol–water partition coefficient (Wildman–Crippen LogP) is 4.26. The van der Waals surface area contributed by atoms with Crippen LogP contribution >= 0.6 is 0 Å². The van der Waals surface area contributed by atoms with Gasteiger partial charge >= 0.3 is 0 Å². The van der Waals surface area contributed by atoms with E-state index in [4.69, 9.17) is 4.74 Å². The fourth-order valence-corrected chi connectivity index (χ4v) is 3.06. The molecule has 130 valence electrons. The largest absolute Gasteiger partial charge is 0.439 e. The Balaban J connectivity index is 1.66. The van der Waals surface area contributed by atoms with Crippen LogP contribution in [0.1, 0.15) is 0 Å². The Bertz CT molecular complexity index is 1320. The first-order valence-electron chi connectivity index (χ1n) is 8.48. The number of H-pyrrole nitrogens is 2. The Morgan fingerprint density at radius 1 is 0.815 bits per heavy atom. The van der Waals surface area contributed by atoms with Crippen LogP contribution < -0.4 is 10.3 Å². The molecule has 3 aromatic heterocycles. The molecule has 0 unspecified atom stereocenters. The standard InChI is InChI=1S/C21H14N4O2/c26-21-19-16(11-12-22-21)23-20(25-19)15-8-4-5-13-9-10-17(24-18(13)15)27-14-6-2-1-3-7-14/h1-12H,(H,22,26)(H,23,25). The topological polar surface area (TPSA) is 83.7 Å². The summed E-state index contributed by atoms with van der Waals surface area (Å²) in [7, 11) is 0. The van der Waals surface area contributed by atoms with E-state index in [0.29, 0.717) is 22.7 Å². The van der Waals surface area contributed by atoms with Gasteiger partial charge in [0.2, 0.25) is 5.88 Å². The van der Waals surface area contributed by atoms with Crippen LogP contribution in [0.3, 0.4) is 0 Å². The van der Waals surface area contributed by atoms with Gasteiger partial charge in [0.05, 0.1) is 11.0 Å². The van der Waals surface area contributed by atoms with Crippen molar-refractivity contribution in [2.24, 2.45) is 0 Å². The Hall–Kier alpha value is -3.93. The smallest absolute Gasteiger partial charge is 0.276 e. The van der Waals surface area contributed by atoms with Gasteiger partial charge in [0, 0.05) is 23.2 Å². The summed E-state index contributed by atoms with van der Waals surface area (Å²) in [5.74, 6) is 1.81. The molecular formula is C21H14N4O2. The van der Waals surface area contributed by atoms with Crippen molar-refractivity contribution in [3.63, 3.8) is 0 Å². The number of imidazole rings is 1. The third-order valence-electron chi connectivity index (χ3n) is 4.33. The number of pyridine rings is 2. The van der Waals surface area contributed by atoms with Crippen molar-refractivity contribution < 1.29 is 4.74 Å². The summed E-state index contributed by atoms with van der Waals surface area (Å²) < 4.78 is 5.86. The minimum atomic E-state index is -0.226. The van der Waals surface area contributed by atoms with Crippen molar-refractivity contribution in [3.05, 3.63) is 83.3 Å². The van der Waals surface area contributed by atoms with Crippen LogP contribution in [-0.2, 0) is 0 Å². The Labute approximate surface area is 153 Å². The van der Waals surface area contributed by atoms with E-state index in [1.165, 1.54) is 0 Å². The zero-order valence-electron chi connectivity index (χ0n) is 14.1. The molecule has 5 aromatic rings. The minimum absolute atomic E-state index is 0.226. The van der Waals surface area contributed by atoms with E-state index in [0.717, 1.165) is 22.2 Å². The molecule has 0 fully saturated rings. The number of aromatic nitrogens is 4. The molecule has 6 nitrogen and oxygen atoms in total. The lowest BCUT2D eigenvalue weighted by molar-refractivity contribution is 0.465. The van der Waals surface area contributed by atoms with Crippen LogP contribution in [0.5, 0.6) is 11.6 Å². The number of benzene rings is 2. The van der Waals surface area contributed by atoms with Crippen LogP contribution in [0.25, 0.3) is 33.3 Å². The molecule has 0 spiro atoms. The highest BCUT2D eigenvalue weighted by Crippen LogP contribution is 2.29. The van der Waals surface area contributed by atoms with Gasteiger partial charge in [-0.15, -0.1) is 0 Å². The number of nitrogens with one attached hydrogen (secondary N) is 2. The van der Waals surface area contributed by atoms with Crippen molar-refractivity contribution in [1.82, 2.24) is 19.9 Å². The van der Waals surface area contributed by atoms with Gasteiger partial charge in [-0.25, -0.2) is 9.97 Å². The lowest BCUT2D eigenvalue weighted by Gasteiger charge is -2.08. The molecule has 0 saturated carbocycles. The average molecular weight is 354 g/mol. The van der Waals surface area contributed by atoms with E-state index in [9.17, 15) is 4.79 Å². The average Bonchev–Trinajstić information content (AvgIpc) is 3.14. The molecule has 0 amide bonds. The van der Waals surface area contributed by atoms with Gasteiger partial charge in [-0.05, 0) is 30.3 Å². The third kappa shape index (κ3) is 2.73. The third-order valence-corrected chi connectivity index (χ3v) is 4.33. The SMILES string of the molecule is O=c1[nH]ccc2[nH]c(-c3cccc4ccc(Oc5ccccc5)nc34)nc12. The van der Waals surface area contributed by atoms with Crippen LogP contribution in [0.4, 0.5) is 0 Å². The first kappa shape index (κ1) is 15.3. The Morgan fingerprint density at radius 3 is 2.56 bits per heavy atom.